The molecule has 0 saturated carbocycles. The molecule has 0 spiro atoms. The molecule has 0 bridgehead atoms. The maximum absolute atomic E-state index is 12.1. The minimum atomic E-state index is -0.0311. The Hall–Kier alpha value is -2.61. The lowest BCUT2D eigenvalue weighted by Crippen LogP contribution is -2.27. The van der Waals surface area contributed by atoms with E-state index >= 15 is 0 Å². The van der Waals surface area contributed by atoms with E-state index in [0.29, 0.717) is 28.2 Å². The number of hydrogen-bond donors (Lipinski definition) is 3. The highest BCUT2D eigenvalue weighted by atomic mass is 32.2. The zero-order valence-electron chi connectivity index (χ0n) is 15.8. The normalized spacial score (nSPS) is 11.1. The zero-order chi connectivity index (χ0) is 19.4. The van der Waals surface area contributed by atoms with E-state index in [1.807, 2.05) is 38.1 Å². The number of benzene rings is 1. The Kier molecular flexibility index (Phi) is 5.95. The van der Waals surface area contributed by atoms with Crippen LogP contribution in [0.4, 0.5) is 0 Å². The van der Waals surface area contributed by atoms with Gasteiger partial charge in [0.1, 0.15) is 5.49 Å². The average molecular weight is 385 g/mol. The highest BCUT2D eigenvalue weighted by molar-refractivity contribution is 7.99. The fourth-order valence-electron chi connectivity index (χ4n) is 2.85. The summed E-state index contributed by atoms with van der Waals surface area (Å²) in [5.74, 6) is 0.216. The van der Waals surface area contributed by atoms with Gasteiger partial charge in [-0.05, 0) is 31.9 Å². The lowest BCUT2D eigenvalue weighted by Gasteiger charge is -2.15. The molecule has 0 aliphatic carbocycles. The number of carbonyl (C=O) groups is 1. The number of hydrogen-bond acceptors (Lipinski definition) is 5. The third-order valence-electron chi connectivity index (χ3n) is 4.32. The van der Waals surface area contributed by atoms with Crippen LogP contribution in [0.25, 0.3) is 16.7 Å². The van der Waals surface area contributed by atoms with Gasteiger partial charge < -0.3 is 5.32 Å². The van der Waals surface area contributed by atoms with Crippen molar-refractivity contribution >= 4 is 28.7 Å². The molecule has 0 unspecified atom stereocenters. The molecule has 0 aliphatic rings. The summed E-state index contributed by atoms with van der Waals surface area (Å²) >= 11 is 1.32. The Balaban J connectivity index is 2.01. The summed E-state index contributed by atoms with van der Waals surface area (Å²) < 4.78 is 1.80. The molecule has 2 heterocycles. The van der Waals surface area contributed by atoms with Crippen LogP contribution < -0.4 is 10.8 Å². The van der Waals surface area contributed by atoms with Crippen LogP contribution in [0.15, 0.2) is 29.4 Å². The smallest absolute Gasteiger partial charge is 0.230 e. The van der Waals surface area contributed by atoms with Crippen molar-refractivity contribution in [1.29, 1.82) is 5.41 Å². The Morgan fingerprint density at radius 3 is 2.85 bits per heavy atom. The van der Waals surface area contributed by atoms with E-state index in [-0.39, 0.29) is 11.7 Å². The van der Waals surface area contributed by atoms with Crippen LogP contribution in [-0.4, -0.2) is 38.0 Å². The van der Waals surface area contributed by atoms with Crippen LogP contribution in [0.2, 0.25) is 0 Å². The first-order valence-electron chi connectivity index (χ1n) is 9.00. The van der Waals surface area contributed by atoms with Gasteiger partial charge in [0, 0.05) is 12.2 Å². The Labute approximate surface area is 162 Å². The van der Waals surface area contributed by atoms with Crippen molar-refractivity contribution in [3.8, 4) is 5.69 Å². The van der Waals surface area contributed by atoms with Crippen molar-refractivity contribution in [2.75, 3.05) is 12.3 Å². The summed E-state index contributed by atoms with van der Waals surface area (Å²) in [6.07, 6.45) is 2.01. The summed E-state index contributed by atoms with van der Waals surface area (Å²) in [4.78, 5) is 16.7. The molecule has 142 valence electrons. The Bertz CT molecular complexity index is 1020. The van der Waals surface area contributed by atoms with Crippen LogP contribution in [0.1, 0.15) is 31.0 Å². The van der Waals surface area contributed by atoms with Crippen LogP contribution in [0.5, 0.6) is 0 Å². The van der Waals surface area contributed by atoms with Crippen LogP contribution in [0, 0.1) is 19.3 Å². The molecule has 3 rings (SSSR count). The van der Waals surface area contributed by atoms with Gasteiger partial charge in [-0.1, -0.05) is 43.3 Å². The maximum atomic E-state index is 12.1. The quantitative estimate of drug-likeness (QED) is 0.331. The van der Waals surface area contributed by atoms with Crippen molar-refractivity contribution < 1.29 is 4.79 Å². The number of aromatic nitrogens is 4. The minimum absolute atomic E-state index is 0.0311. The largest absolute Gasteiger partial charge is 0.355 e. The van der Waals surface area contributed by atoms with E-state index in [4.69, 9.17) is 5.41 Å². The second-order valence-corrected chi connectivity index (χ2v) is 7.35. The Morgan fingerprint density at radius 2 is 2.11 bits per heavy atom. The summed E-state index contributed by atoms with van der Waals surface area (Å²) in [6.45, 7) is 6.65. The van der Waals surface area contributed by atoms with Crippen LogP contribution in [0.3, 0.4) is 0 Å². The first-order chi connectivity index (χ1) is 13.0. The number of unbranched alkanes of at least 4 members (excludes halogenated alkanes) is 1. The summed E-state index contributed by atoms with van der Waals surface area (Å²) in [5.41, 5.74) is 3.53. The first kappa shape index (κ1) is 19.2. The summed E-state index contributed by atoms with van der Waals surface area (Å²) in [5, 5.41) is 20.0. The third kappa shape index (κ3) is 4.05. The van der Waals surface area contributed by atoms with E-state index in [2.05, 4.69) is 27.4 Å². The van der Waals surface area contributed by atoms with E-state index < -0.39 is 0 Å². The van der Waals surface area contributed by atoms with Crippen molar-refractivity contribution in [2.45, 2.75) is 38.8 Å². The van der Waals surface area contributed by atoms with E-state index in [0.717, 1.165) is 29.8 Å². The van der Waals surface area contributed by atoms with Crippen molar-refractivity contribution in [2.24, 2.45) is 0 Å². The summed E-state index contributed by atoms with van der Waals surface area (Å²) in [7, 11) is 0. The molecule has 3 aromatic rings. The molecule has 0 fully saturated rings. The van der Waals surface area contributed by atoms with Gasteiger partial charge in [-0.3, -0.25) is 19.9 Å². The lowest BCUT2D eigenvalue weighted by molar-refractivity contribution is -0.118. The number of aryl methyl sites for hydroxylation is 2. The lowest BCUT2D eigenvalue weighted by atomic mass is 10.2. The van der Waals surface area contributed by atoms with Gasteiger partial charge in [0.05, 0.1) is 16.8 Å². The predicted molar refractivity (Wildman–Crippen MR) is 107 cm³/mol. The molecule has 1 amide bonds. The minimum Gasteiger partial charge on any atom is -0.355 e. The predicted octanol–water partition coefficient (Wildman–Crippen LogP) is 2.85. The van der Waals surface area contributed by atoms with Crippen LogP contribution in [-0.2, 0) is 4.79 Å². The van der Waals surface area contributed by atoms with Gasteiger partial charge in [-0.15, -0.1) is 0 Å². The van der Waals surface area contributed by atoms with Gasteiger partial charge in [-0.25, -0.2) is 4.98 Å². The van der Waals surface area contributed by atoms with Gasteiger partial charge in [-0.2, -0.15) is 5.10 Å². The first-order valence-corrected chi connectivity index (χ1v) is 9.99. The highest BCUT2D eigenvalue weighted by Gasteiger charge is 2.17. The topological polar surface area (TPSA) is 99.5 Å². The van der Waals surface area contributed by atoms with E-state index in [1.54, 1.807) is 4.57 Å². The number of para-hydroxylation sites is 1. The molecular weight excluding hydrogens is 360 g/mol. The van der Waals surface area contributed by atoms with E-state index in [1.165, 1.54) is 11.8 Å². The molecule has 0 saturated heterocycles. The highest BCUT2D eigenvalue weighted by Crippen LogP contribution is 2.23. The number of thioether (sulfide) groups is 1. The second-order valence-electron chi connectivity index (χ2n) is 6.40. The van der Waals surface area contributed by atoms with Gasteiger partial charge >= 0.3 is 0 Å². The van der Waals surface area contributed by atoms with Crippen molar-refractivity contribution in [3.63, 3.8) is 0 Å². The summed E-state index contributed by atoms with van der Waals surface area (Å²) in [6, 6.07) is 7.86. The third-order valence-corrected chi connectivity index (χ3v) is 5.26. The molecule has 3 N–H and O–H groups in total. The molecule has 0 radical (unpaired) electrons. The van der Waals surface area contributed by atoms with Crippen molar-refractivity contribution in [1.82, 2.24) is 25.1 Å². The van der Waals surface area contributed by atoms with Gasteiger partial charge in [0.15, 0.2) is 10.8 Å². The number of fused-ring (bicyclic) bond motifs is 1. The molecule has 1 aromatic carbocycles. The van der Waals surface area contributed by atoms with Gasteiger partial charge in [0.25, 0.3) is 0 Å². The number of carbonyl (C=O) groups excluding carboxylic acids is 1. The molecule has 0 atom stereocenters. The number of aromatic amines is 1. The number of amides is 1. The SMILES string of the molecule is CCCCNC(=O)CSc1nc2n[nH]c(C)c2c(=N)n1-c1ccccc1C. The number of rotatable bonds is 7. The van der Waals surface area contributed by atoms with E-state index in [9.17, 15) is 4.79 Å². The molecule has 27 heavy (non-hydrogen) atoms. The monoisotopic (exact) mass is 384 g/mol. The molecule has 7 nitrogen and oxygen atoms in total. The van der Waals surface area contributed by atoms with Crippen LogP contribution >= 0.6 is 11.8 Å². The fourth-order valence-corrected chi connectivity index (χ4v) is 3.68. The number of nitrogens with zero attached hydrogens (tertiary/aromatic N) is 3. The molecule has 2 aromatic heterocycles. The fraction of sp³-hybridized carbons (Fsp3) is 0.368. The number of H-pyrrole nitrogens is 1. The number of nitrogens with one attached hydrogen (secondary N) is 3. The molecule has 0 aliphatic heterocycles. The molecule has 8 heteroatoms. The van der Waals surface area contributed by atoms with Gasteiger partial charge in [0.2, 0.25) is 5.91 Å². The second kappa shape index (κ2) is 8.39. The van der Waals surface area contributed by atoms with Crippen molar-refractivity contribution in [3.05, 3.63) is 41.0 Å². The zero-order valence-corrected chi connectivity index (χ0v) is 16.6. The average Bonchev–Trinajstić information content (AvgIpc) is 3.02. The Morgan fingerprint density at radius 1 is 1.33 bits per heavy atom. The maximum Gasteiger partial charge on any atom is 0.230 e. The standard InChI is InChI=1S/C19H24N6OS/c1-4-5-10-21-15(26)11-27-19-22-18-16(13(3)23-24-18)17(20)25(19)14-9-7-6-8-12(14)2/h6-9,20H,4-5,10-11H2,1-3H3,(H,21,26)(H,23,24). The molecular formula is C19H24N6OS.